The van der Waals surface area contributed by atoms with Crippen LogP contribution in [0.25, 0.3) is 0 Å². The molecule has 0 rings (SSSR count). The van der Waals surface area contributed by atoms with E-state index in [4.69, 9.17) is 5.73 Å². The van der Waals surface area contributed by atoms with Crippen LogP contribution in [-0.4, -0.2) is 22.0 Å². The first kappa shape index (κ1) is 10.0. The van der Waals surface area contributed by atoms with Gasteiger partial charge in [-0.3, -0.25) is 0 Å². The summed E-state index contributed by atoms with van der Waals surface area (Å²) in [5.41, 5.74) is 5.78. The Morgan fingerprint density at radius 1 is 1.67 bits per heavy atom. The molecule has 0 bridgehead atoms. The second-order valence-corrected chi connectivity index (χ2v) is 5.07. The normalized spacial score (nSPS) is 17.3. The average molecular weight is 259 g/mol. The summed E-state index contributed by atoms with van der Waals surface area (Å²) in [7, 11) is 0. The summed E-state index contributed by atoms with van der Waals surface area (Å²) in [6, 6.07) is 0.387. The predicted octanol–water partition coefficient (Wildman–Crippen LogP) is 1.89. The van der Waals surface area contributed by atoms with Crippen LogP contribution in [0.4, 0.5) is 0 Å². The number of halogens is 1. The van der Waals surface area contributed by atoms with Gasteiger partial charge >= 0.3 is 0 Å². The van der Waals surface area contributed by atoms with E-state index in [-0.39, 0.29) is 0 Å². The molecule has 2 atom stereocenters. The van der Waals surface area contributed by atoms with Crippen molar-refractivity contribution in [2.75, 3.05) is 12.0 Å². The van der Waals surface area contributed by atoms with E-state index in [2.05, 4.69) is 35.8 Å². The maximum Gasteiger partial charge on any atom is 0.0233 e. The van der Waals surface area contributed by atoms with Crippen molar-refractivity contribution in [3.8, 4) is 0 Å². The molecule has 2 N–H and O–H groups in total. The van der Waals surface area contributed by atoms with Crippen molar-refractivity contribution >= 4 is 34.4 Å². The van der Waals surface area contributed by atoms with Crippen LogP contribution in [0.1, 0.15) is 13.3 Å². The van der Waals surface area contributed by atoms with E-state index in [0.717, 1.165) is 6.42 Å². The second-order valence-electron chi connectivity index (χ2n) is 2.12. The van der Waals surface area contributed by atoms with E-state index in [9.17, 15) is 0 Å². The lowest BCUT2D eigenvalue weighted by molar-refractivity contribution is 0.663. The van der Waals surface area contributed by atoms with Gasteiger partial charge in [-0.15, -0.1) is 0 Å². The van der Waals surface area contributed by atoms with E-state index in [1.807, 2.05) is 11.8 Å². The van der Waals surface area contributed by atoms with Crippen LogP contribution in [0.5, 0.6) is 0 Å². The van der Waals surface area contributed by atoms with E-state index < -0.39 is 0 Å². The molecule has 0 aliphatic rings. The third kappa shape index (κ3) is 5.48. The molecule has 0 amide bonds. The lowest BCUT2D eigenvalue weighted by atomic mass is 10.2. The molecule has 0 aliphatic carbocycles. The summed E-state index contributed by atoms with van der Waals surface area (Å²) in [5, 5.41) is 0. The van der Waals surface area contributed by atoms with Crippen molar-refractivity contribution in [1.29, 1.82) is 0 Å². The molecule has 0 aromatic carbocycles. The van der Waals surface area contributed by atoms with Gasteiger partial charge in [0.05, 0.1) is 0 Å². The Hall–Kier alpha value is 1.04. The van der Waals surface area contributed by atoms with Crippen LogP contribution in [0, 0.1) is 0 Å². The molecule has 56 valence electrons. The Morgan fingerprint density at radius 2 is 2.22 bits per heavy atom. The first-order valence-corrected chi connectivity index (χ1v) is 5.71. The summed E-state index contributed by atoms with van der Waals surface area (Å²) >= 11 is 4.24. The zero-order chi connectivity index (χ0) is 7.28. The van der Waals surface area contributed by atoms with E-state index in [1.54, 1.807) is 0 Å². The van der Waals surface area contributed by atoms with Crippen LogP contribution >= 0.6 is 34.4 Å². The molecular formula is C6H14INS. The lowest BCUT2D eigenvalue weighted by Crippen LogP contribution is -2.28. The van der Waals surface area contributed by atoms with Crippen molar-refractivity contribution < 1.29 is 0 Å². The highest BCUT2D eigenvalue weighted by molar-refractivity contribution is 14.1. The lowest BCUT2D eigenvalue weighted by Gasteiger charge is -2.12. The molecule has 9 heavy (non-hydrogen) atoms. The van der Waals surface area contributed by atoms with Gasteiger partial charge in [0.25, 0.3) is 0 Å². The molecule has 0 aromatic heterocycles. The molecule has 0 saturated carbocycles. The fraction of sp³-hybridized carbons (Fsp3) is 1.00. The number of thioether (sulfide) groups is 1. The Balaban J connectivity index is 3.16. The smallest absolute Gasteiger partial charge is 0.0233 e. The van der Waals surface area contributed by atoms with Gasteiger partial charge in [-0.1, -0.05) is 29.5 Å². The van der Waals surface area contributed by atoms with Crippen LogP contribution in [-0.2, 0) is 0 Å². The Bertz CT molecular complexity index is 68.1. The first-order chi connectivity index (χ1) is 4.18. The van der Waals surface area contributed by atoms with Crippen LogP contribution in [0.2, 0.25) is 0 Å². The third-order valence-corrected chi connectivity index (χ3v) is 2.81. The van der Waals surface area contributed by atoms with Gasteiger partial charge in [0.15, 0.2) is 0 Å². The zero-order valence-electron chi connectivity index (χ0n) is 5.93. The van der Waals surface area contributed by atoms with Gasteiger partial charge in [0, 0.05) is 9.97 Å². The molecule has 0 radical (unpaired) electrons. The summed E-state index contributed by atoms with van der Waals surface area (Å²) in [6.07, 6.45) is 3.26. The molecule has 0 aliphatic heterocycles. The first-order valence-electron chi connectivity index (χ1n) is 3.07. The largest absolute Gasteiger partial charge is 0.327 e. The van der Waals surface area contributed by atoms with Gasteiger partial charge in [-0.05, 0) is 18.4 Å². The molecule has 0 saturated heterocycles. The number of hydrogen-bond donors (Lipinski definition) is 1. The van der Waals surface area contributed by atoms with Gasteiger partial charge < -0.3 is 5.73 Å². The number of hydrogen-bond acceptors (Lipinski definition) is 2. The van der Waals surface area contributed by atoms with Crippen LogP contribution < -0.4 is 5.73 Å². The monoisotopic (exact) mass is 259 g/mol. The minimum atomic E-state index is 0.387. The fourth-order valence-corrected chi connectivity index (χ4v) is 1.35. The quantitative estimate of drug-likeness (QED) is 0.616. The maximum atomic E-state index is 5.78. The van der Waals surface area contributed by atoms with Crippen molar-refractivity contribution in [1.82, 2.24) is 0 Å². The molecule has 0 fully saturated rings. The molecular weight excluding hydrogens is 245 g/mol. The number of nitrogens with two attached hydrogens (primary N) is 1. The van der Waals surface area contributed by atoms with E-state index in [1.165, 1.54) is 5.75 Å². The summed E-state index contributed by atoms with van der Waals surface area (Å²) in [6.45, 7) is 2.16. The van der Waals surface area contributed by atoms with Crippen molar-refractivity contribution in [2.24, 2.45) is 5.73 Å². The number of rotatable bonds is 4. The fourth-order valence-electron chi connectivity index (χ4n) is 0.484. The summed E-state index contributed by atoms with van der Waals surface area (Å²) < 4.78 is 0.606. The van der Waals surface area contributed by atoms with Crippen LogP contribution in [0.3, 0.4) is 0 Å². The standard InChI is InChI=1S/C6H14INS/c1-5(7)6(8)3-4-9-2/h5-6H,3-4,8H2,1-2H3/t5-,6?/m1/s1. The molecule has 0 heterocycles. The molecule has 1 nitrogen and oxygen atoms in total. The Kier molecular flexibility index (Phi) is 6.47. The minimum absolute atomic E-state index is 0.387. The second kappa shape index (κ2) is 5.80. The third-order valence-electron chi connectivity index (χ3n) is 1.25. The van der Waals surface area contributed by atoms with E-state index >= 15 is 0 Å². The Morgan fingerprint density at radius 3 is 2.56 bits per heavy atom. The molecule has 0 spiro atoms. The van der Waals surface area contributed by atoms with Crippen molar-refractivity contribution in [3.05, 3.63) is 0 Å². The Labute approximate surface area is 75.3 Å². The predicted molar refractivity (Wildman–Crippen MR) is 54.5 cm³/mol. The topological polar surface area (TPSA) is 26.0 Å². The highest BCUT2D eigenvalue weighted by atomic mass is 127. The molecule has 0 aromatic rings. The summed E-state index contributed by atoms with van der Waals surface area (Å²) in [5.74, 6) is 1.19. The minimum Gasteiger partial charge on any atom is -0.327 e. The maximum absolute atomic E-state index is 5.78. The SMILES string of the molecule is CSCCC(N)[C@@H](C)I. The van der Waals surface area contributed by atoms with Gasteiger partial charge in [0.2, 0.25) is 0 Å². The van der Waals surface area contributed by atoms with Crippen LogP contribution in [0.15, 0.2) is 0 Å². The highest BCUT2D eigenvalue weighted by Gasteiger charge is 2.06. The van der Waals surface area contributed by atoms with Gasteiger partial charge in [0.1, 0.15) is 0 Å². The van der Waals surface area contributed by atoms with Gasteiger partial charge in [-0.2, -0.15) is 11.8 Å². The van der Waals surface area contributed by atoms with Crippen molar-refractivity contribution in [3.63, 3.8) is 0 Å². The number of alkyl halides is 1. The van der Waals surface area contributed by atoms with Crippen molar-refractivity contribution in [2.45, 2.75) is 23.3 Å². The van der Waals surface area contributed by atoms with Gasteiger partial charge in [-0.25, -0.2) is 0 Å². The van der Waals surface area contributed by atoms with E-state index in [0.29, 0.717) is 9.97 Å². The summed E-state index contributed by atoms with van der Waals surface area (Å²) in [4.78, 5) is 0. The molecule has 3 heteroatoms. The average Bonchev–Trinajstić information content (AvgIpc) is 1.82. The highest BCUT2D eigenvalue weighted by Crippen LogP contribution is 2.08. The molecule has 1 unspecified atom stereocenters. The zero-order valence-corrected chi connectivity index (χ0v) is 8.91.